The van der Waals surface area contributed by atoms with Gasteiger partial charge in [0.25, 0.3) is 5.91 Å². The average Bonchev–Trinajstić information content (AvgIpc) is 2.65. The molecule has 1 heterocycles. The molecule has 130 valence electrons. The summed E-state index contributed by atoms with van der Waals surface area (Å²) in [4.78, 5) is 22.8. The molecule has 7 nitrogen and oxygen atoms in total. The molecule has 3 rings (SSSR count). The molecule has 0 bridgehead atoms. The Balaban J connectivity index is 1.70. The minimum Gasteiger partial charge on any atom is -0.490 e. The van der Waals surface area contributed by atoms with E-state index >= 15 is 0 Å². The van der Waals surface area contributed by atoms with Gasteiger partial charge in [0.2, 0.25) is 0 Å². The fraction of sp³-hybridized carbons (Fsp3) is 0.278. The average molecular weight is 341 g/mol. The molecule has 1 aliphatic rings. The molecular formula is C18H19N3O4. The maximum absolute atomic E-state index is 12.4. The van der Waals surface area contributed by atoms with E-state index in [1.54, 1.807) is 0 Å². The van der Waals surface area contributed by atoms with Crippen LogP contribution in [0.25, 0.3) is 0 Å². The third-order valence-corrected chi connectivity index (χ3v) is 4.32. The monoisotopic (exact) mass is 341 g/mol. The fourth-order valence-electron chi connectivity index (χ4n) is 3.04. The number of fused-ring (bicyclic) bond motifs is 1. The zero-order chi connectivity index (χ0) is 17.8. The first-order chi connectivity index (χ1) is 12.1. The molecule has 2 aromatic rings. The zero-order valence-corrected chi connectivity index (χ0v) is 13.8. The lowest BCUT2D eigenvalue weighted by Crippen LogP contribution is -2.38. The smallest absolute Gasteiger partial charge is 0.310 e. The van der Waals surface area contributed by atoms with Crippen molar-refractivity contribution in [3.8, 4) is 5.75 Å². The second-order valence-corrected chi connectivity index (χ2v) is 5.81. The molecule has 1 aliphatic heterocycles. The minimum atomic E-state index is -0.538. The second kappa shape index (κ2) is 7.31. The van der Waals surface area contributed by atoms with Crippen molar-refractivity contribution in [2.24, 2.45) is 0 Å². The summed E-state index contributed by atoms with van der Waals surface area (Å²) in [5.74, 6) is -0.225. The lowest BCUT2D eigenvalue weighted by atomic mass is 9.94. The number of carbonyl (C=O) groups excluding carboxylic acids is 1. The number of nitrogens with zero attached hydrogens (tertiary/aromatic N) is 1. The number of hydrogen-bond donors (Lipinski definition) is 2. The molecule has 0 saturated heterocycles. The lowest BCUT2D eigenvalue weighted by molar-refractivity contribution is -0.385. The number of amides is 1. The highest BCUT2D eigenvalue weighted by Gasteiger charge is 2.21. The van der Waals surface area contributed by atoms with Crippen LogP contribution in [0.2, 0.25) is 0 Å². The highest BCUT2D eigenvalue weighted by molar-refractivity contribution is 5.95. The molecule has 2 aromatic carbocycles. The topological polar surface area (TPSA) is 93.5 Å². The predicted octanol–water partition coefficient (Wildman–Crippen LogP) is 2.22. The summed E-state index contributed by atoms with van der Waals surface area (Å²) in [5, 5.41) is 17.2. The van der Waals surface area contributed by atoms with Crippen molar-refractivity contribution >= 4 is 11.6 Å². The number of nitro benzene ring substituents is 1. The van der Waals surface area contributed by atoms with E-state index in [1.165, 1.54) is 36.4 Å². The normalized spacial score (nSPS) is 16.0. The Bertz CT molecular complexity index is 807. The van der Waals surface area contributed by atoms with E-state index in [4.69, 9.17) is 4.74 Å². The van der Waals surface area contributed by atoms with Gasteiger partial charge in [0.15, 0.2) is 5.75 Å². The van der Waals surface area contributed by atoms with Crippen LogP contribution in [-0.2, 0) is 6.42 Å². The van der Waals surface area contributed by atoms with Gasteiger partial charge in [0.1, 0.15) is 0 Å². The fourth-order valence-corrected chi connectivity index (χ4v) is 3.04. The first-order valence-corrected chi connectivity index (χ1v) is 8.02. The second-order valence-electron chi connectivity index (χ2n) is 5.81. The van der Waals surface area contributed by atoms with E-state index in [0.29, 0.717) is 12.1 Å². The van der Waals surface area contributed by atoms with Crippen molar-refractivity contribution in [2.45, 2.75) is 12.5 Å². The van der Waals surface area contributed by atoms with Gasteiger partial charge in [-0.25, -0.2) is 0 Å². The summed E-state index contributed by atoms with van der Waals surface area (Å²) < 4.78 is 5.00. The molecule has 0 spiro atoms. The molecule has 0 radical (unpaired) electrons. The number of rotatable bonds is 5. The van der Waals surface area contributed by atoms with Crippen molar-refractivity contribution in [3.05, 3.63) is 69.3 Å². The van der Waals surface area contributed by atoms with E-state index < -0.39 is 4.92 Å². The van der Waals surface area contributed by atoms with E-state index in [-0.39, 0.29) is 23.4 Å². The number of ether oxygens (including phenoxy) is 1. The lowest BCUT2D eigenvalue weighted by Gasteiger charge is -2.27. The van der Waals surface area contributed by atoms with Crippen molar-refractivity contribution < 1.29 is 14.5 Å². The molecule has 25 heavy (non-hydrogen) atoms. The van der Waals surface area contributed by atoms with E-state index in [2.05, 4.69) is 22.8 Å². The van der Waals surface area contributed by atoms with Gasteiger partial charge in [0.05, 0.1) is 12.0 Å². The number of methoxy groups -OCH3 is 1. The number of carbonyl (C=O) groups is 1. The van der Waals surface area contributed by atoms with Crippen LogP contribution in [-0.4, -0.2) is 31.0 Å². The molecule has 1 amide bonds. The first-order valence-electron chi connectivity index (χ1n) is 8.02. The maximum Gasteiger partial charge on any atom is 0.310 e. The molecule has 0 fully saturated rings. The van der Waals surface area contributed by atoms with Gasteiger partial charge in [0, 0.05) is 30.3 Å². The summed E-state index contributed by atoms with van der Waals surface area (Å²) in [6.07, 6.45) is 0.972. The summed E-state index contributed by atoms with van der Waals surface area (Å²) >= 11 is 0. The highest BCUT2D eigenvalue weighted by atomic mass is 16.6. The molecule has 0 aromatic heterocycles. The van der Waals surface area contributed by atoms with Gasteiger partial charge < -0.3 is 15.4 Å². The van der Waals surface area contributed by atoms with Crippen LogP contribution in [0, 0.1) is 10.1 Å². The zero-order valence-electron chi connectivity index (χ0n) is 13.8. The van der Waals surface area contributed by atoms with Gasteiger partial charge in [-0.15, -0.1) is 0 Å². The Hall–Kier alpha value is -2.93. The van der Waals surface area contributed by atoms with Gasteiger partial charge in [-0.2, -0.15) is 0 Å². The van der Waals surface area contributed by atoms with Crippen molar-refractivity contribution in [1.29, 1.82) is 0 Å². The third kappa shape index (κ3) is 3.61. The van der Waals surface area contributed by atoms with Crippen LogP contribution >= 0.6 is 0 Å². The van der Waals surface area contributed by atoms with Crippen LogP contribution in [0.1, 0.15) is 27.5 Å². The Labute approximate surface area is 145 Å². The SMILES string of the molecule is COc1cc(C(=O)NCC2NCCc3ccccc32)ccc1[N+](=O)[O-]. The van der Waals surface area contributed by atoms with Gasteiger partial charge in [-0.05, 0) is 30.2 Å². The van der Waals surface area contributed by atoms with E-state index in [1.807, 2.05) is 12.1 Å². The largest absolute Gasteiger partial charge is 0.490 e. The molecular weight excluding hydrogens is 322 g/mol. The van der Waals surface area contributed by atoms with Crippen LogP contribution in [0.4, 0.5) is 5.69 Å². The van der Waals surface area contributed by atoms with Gasteiger partial charge >= 0.3 is 5.69 Å². The number of benzene rings is 2. The maximum atomic E-state index is 12.4. The quantitative estimate of drug-likeness (QED) is 0.642. The molecule has 7 heteroatoms. The van der Waals surface area contributed by atoms with E-state index in [9.17, 15) is 14.9 Å². The number of hydrogen-bond acceptors (Lipinski definition) is 5. The number of nitro groups is 1. The van der Waals surface area contributed by atoms with Crippen molar-refractivity contribution in [3.63, 3.8) is 0 Å². The predicted molar refractivity (Wildman–Crippen MR) is 92.9 cm³/mol. The van der Waals surface area contributed by atoms with Crippen LogP contribution in [0.3, 0.4) is 0 Å². The van der Waals surface area contributed by atoms with Crippen LogP contribution in [0.5, 0.6) is 5.75 Å². The number of nitrogens with one attached hydrogen (secondary N) is 2. The third-order valence-electron chi connectivity index (χ3n) is 4.32. The highest BCUT2D eigenvalue weighted by Crippen LogP contribution is 2.27. The van der Waals surface area contributed by atoms with Crippen LogP contribution < -0.4 is 15.4 Å². The first kappa shape index (κ1) is 16.9. The Kier molecular flexibility index (Phi) is 4.95. The Morgan fingerprint density at radius 3 is 2.92 bits per heavy atom. The van der Waals surface area contributed by atoms with Gasteiger partial charge in [-0.3, -0.25) is 14.9 Å². The van der Waals surface area contributed by atoms with Gasteiger partial charge in [-0.1, -0.05) is 24.3 Å². The Morgan fingerprint density at radius 1 is 1.36 bits per heavy atom. The minimum absolute atomic E-state index is 0.0499. The molecule has 1 unspecified atom stereocenters. The molecule has 0 saturated carbocycles. The Morgan fingerprint density at radius 2 is 2.16 bits per heavy atom. The summed E-state index contributed by atoms with van der Waals surface area (Å²) in [6.45, 7) is 1.30. The summed E-state index contributed by atoms with van der Waals surface area (Å²) in [7, 11) is 1.34. The standard InChI is InChI=1S/C18H19N3O4/c1-25-17-10-13(6-7-16(17)21(23)24)18(22)20-11-15-14-5-3-2-4-12(14)8-9-19-15/h2-7,10,15,19H,8-9,11H2,1H3,(H,20,22). The van der Waals surface area contributed by atoms with E-state index in [0.717, 1.165) is 13.0 Å². The van der Waals surface area contributed by atoms with Crippen LogP contribution in [0.15, 0.2) is 42.5 Å². The molecule has 1 atom stereocenters. The molecule has 2 N–H and O–H groups in total. The molecule has 0 aliphatic carbocycles. The van der Waals surface area contributed by atoms with Crippen molar-refractivity contribution in [2.75, 3.05) is 20.2 Å². The van der Waals surface area contributed by atoms with Crippen molar-refractivity contribution in [1.82, 2.24) is 10.6 Å². The summed E-state index contributed by atoms with van der Waals surface area (Å²) in [6, 6.07) is 12.3. The summed E-state index contributed by atoms with van der Waals surface area (Å²) in [5.41, 5.74) is 2.64.